The van der Waals surface area contributed by atoms with Crippen molar-refractivity contribution in [3.8, 4) is 0 Å². The second-order valence-corrected chi connectivity index (χ2v) is 4.39. The molecule has 84 valence electrons. The van der Waals surface area contributed by atoms with Gasteiger partial charge in [0.2, 0.25) is 0 Å². The zero-order valence-corrected chi connectivity index (χ0v) is 9.43. The molecule has 0 bridgehead atoms. The lowest BCUT2D eigenvalue weighted by molar-refractivity contribution is -0.123. The zero-order valence-electron chi connectivity index (χ0n) is 9.43. The van der Waals surface area contributed by atoms with Crippen molar-refractivity contribution in [1.29, 1.82) is 0 Å². The van der Waals surface area contributed by atoms with Gasteiger partial charge < -0.3 is 0 Å². The quantitative estimate of drug-likeness (QED) is 0.721. The second-order valence-electron chi connectivity index (χ2n) is 4.39. The van der Waals surface area contributed by atoms with Gasteiger partial charge in [-0.2, -0.15) is 0 Å². The Morgan fingerprint density at radius 2 is 2.12 bits per heavy atom. The fourth-order valence-electron chi connectivity index (χ4n) is 2.19. The summed E-state index contributed by atoms with van der Waals surface area (Å²) in [5.41, 5.74) is 1.26. The van der Waals surface area contributed by atoms with Crippen molar-refractivity contribution in [3.63, 3.8) is 0 Å². The average Bonchev–Trinajstić information content (AvgIpc) is 2.29. The molecule has 0 amide bonds. The standard InChI is InChI=1S/C14H17NO/c1-2-12-8-14(16)11-15(9-12)10-13-6-4-3-5-7-13/h2-7,12H,1,8-11H2. The third kappa shape index (κ3) is 2.80. The van der Waals surface area contributed by atoms with Crippen LogP contribution in [-0.2, 0) is 11.3 Å². The molecule has 1 fully saturated rings. The van der Waals surface area contributed by atoms with E-state index in [1.54, 1.807) is 0 Å². The monoisotopic (exact) mass is 215 g/mol. The number of benzene rings is 1. The van der Waals surface area contributed by atoms with Crippen LogP contribution in [0.15, 0.2) is 43.0 Å². The Balaban J connectivity index is 1.99. The highest BCUT2D eigenvalue weighted by atomic mass is 16.1. The molecule has 1 unspecified atom stereocenters. The van der Waals surface area contributed by atoms with Crippen LogP contribution >= 0.6 is 0 Å². The number of rotatable bonds is 3. The van der Waals surface area contributed by atoms with Gasteiger partial charge in [0.05, 0.1) is 6.54 Å². The molecular weight excluding hydrogens is 198 g/mol. The Kier molecular flexibility index (Phi) is 3.52. The van der Waals surface area contributed by atoms with Gasteiger partial charge in [0.25, 0.3) is 0 Å². The van der Waals surface area contributed by atoms with Crippen molar-refractivity contribution in [1.82, 2.24) is 4.90 Å². The summed E-state index contributed by atoms with van der Waals surface area (Å²) in [6.07, 6.45) is 2.56. The number of ketones is 1. The molecule has 1 heterocycles. The van der Waals surface area contributed by atoms with Crippen LogP contribution in [0.3, 0.4) is 0 Å². The van der Waals surface area contributed by atoms with Crippen LogP contribution in [0.1, 0.15) is 12.0 Å². The number of hydrogen-bond donors (Lipinski definition) is 0. The van der Waals surface area contributed by atoms with Crippen molar-refractivity contribution in [2.24, 2.45) is 5.92 Å². The molecular formula is C14H17NO. The molecule has 16 heavy (non-hydrogen) atoms. The molecule has 0 saturated carbocycles. The predicted octanol–water partition coefficient (Wildman–Crippen LogP) is 2.26. The predicted molar refractivity (Wildman–Crippen MR) is 65.0 cm³/mol. The Morgan fingerprint density at radius 3 is 2.81 bits per heavy atom. The highest BCUT2D eigenvalue weighted by molar-refractivity contribution is 5.81. The molecule has 0 N–H and O–H groups in total. The lowest BCUT2D eigenvalue weighted by Gasteiger charge is -2.30. The molecule has 1 aromatic carbocycles. The number of likely N-dealkylation sites (tertiary alicyclic amines) is 1. The van der Waals surface area contributed by atoms with E-state index < -0.39 is 0 Å². The van der Waals surface area contributed by atoms with Gasteiger partial charge in [0.15, 0.2) is 0 Å². The first kappa shape index (κ1) is 11.1. The maximum absolute atomic E-state index is 11.5. The molecule has 2 rings (SSSR count). The van der Waals surface area contributed by atoms with Crippen LogP contribution in [-0.4, -0.2) is 23.8 Å². The fourth-order valence-corrected chi connectivity index (χ4v) is 2.19. The normalized spacial score (nSPS) is 22.0. The number of hydrogen-bond acceptors (Lipinski definition) is 2. The number of piperidine rings is 1. The van der Waals surface area contributed by atoms with Gasteiger partial charge in [0.1, 0.15) is 5.78 Å². The number of carbonyl (C=O) groups is 1. The van der Waals surface area contributed by atoms with Crippen molar-refractivity contribution in [3.05, 3.63) is 48.6 Å². The molecule has 1 aliphatic rings. The van der Waals surface area contributed by atoms with E-state index in [0.717, 1.165) is 13.1 Å². The van der Waals surface area contributed by atoms with Crippen LogP contribution < -0.4 is 0 Å². The first-order valence-corrected chi connectivity index (χ1v) is 5.68. The fraction of sp³-hybridized carbons (Fsp3) is 0.357. The Bertz CT molecular complexity index is 372. The van der Waals surface area contributed by atoms with Crippen molar-refractivity contribution < 1.29 is 4.79 Å². The average molecular weight is 215 g/mol. The summed E-state index contributed by atoms with van der Waals surface area (Å²) >= 11 is 0. The van der Waals surface area contributed by atoms with E-state index in [-0.39, 0.29) is 0 Å². The zero-order chi connectivity index (χ0) is 11.4. The van der Waals surface area contributed by atoms with Crippen LogP contribution in [0.25, 0.3) is 0 Å². The van der Waals surface area contributed by atoms with Crippen LogP contribution in [0, 0.1) is 5.92 Å². The minimum Gasteiger partial charge on any atom is -0.298 e. The Morgan fingerprint density at radius 1 is 1.38 bits per heavy atom. The molecule has 0 aliphatic carbocycles. The molecule has 2 heteroatoms. The molecule has 2 nitrogen and oxygen atoms in total. The smallest absolute Gasteiger partial charge is 0.147 e. The van der Waals surface area contributed by atoms with E-state index in [2.05, 4.69) is 23.6 Å². The third-order valence-electron chi connectivity index (χ3n) is 2.96. The summed E-state index contributed by atoms with van der Waals surface area (Å²) in [6.45, 7) is 6.17. The lowest BCUT2D eigenvalue weighted by Crippen LogP contribution is -2.39. The summed E-state index contributed by atoms with van der Waals surface area (Å²) in [4.78, 5) is 13.7. The van der Waals surface area contributed by atoms with Gasteiger partial charge in [0, 0.05) is 19.5 Å². The minimum atomic E-state index is 0.324. The van der Waals surface area contributed by atoms with E-state index in [1.807, 2.05) is 24.3 Å². The highest BCUT2D eigenvalue weighted by Gasteiger charge is 2.23. The summed E-state index contributed by atoms with van der Waals surface area (Å²) in [6, 6.07) is 10.3. The van der Waals surface area contributed by atoms with Crippen molar-refractivity contribution in [2.45, 2.75) is 13.0 Å². The number of Topliss-reactive ketones (excluding diaryl/α,β-unsaturated/α-hetero) is 1. The lowest BCUT2D eigenvalue weighted by atomic mass is 9.97. The minimum absolute atomic E-state index is 0.324. The first-order valence-electron chi connectivity index (χ1n) is 5.68. The van der Waals surface area contributed by atoms with E-state index in [9.17, 15) is 4.79 Å². The van der Waals surface area contributed by atoms with E-state index >= 15 is 0 Å². The van der Waals surface area contributed by atoms with Crippen LogP contribution in [0.4, 0.5) is 0 Å². The van der Waals surface area contributed by atoms with Gasteiger partial charge >= 0.3 is 0 Å². The Labute approximate surface area is 96.6 Å². The van der Waals surface area contributed by atoms with Crippen LogP contribution in [0.2, 0.25) is 0 Å². The molecule has 0 radical (unpaired) electrons. The molecule has 1 aromatic rings. The van der Waals surface area contributed by atoms with Gasteiger partial charge in [-0.15, -0.1) is 6.58 Å². The summed E-state index contributed by atoms with van der Waals surface area (Å²) in [5, 5.41) is 0. The molecule has 1 saturated heterocycles. The molecule has 0 spiro atoms. The van der Waals surface area contributed by atoms with Gasteiger partial charge in [-0.1, -0.05) is 36.4 Å². The van der Waals surface area contributed by atoms with E-state index in [0.29, 0.717) is 24.7 Å². The summed E-state index contributed by atoms with van der Waals surface area (Å²) in [7, 11) is 0. The molecule has 1 aliphatic heterocycles. The van der Waals surface area contributed by atoms with Gasteiger partial charge in [-0.25, -0.2) is 0 Å². The summed E-state index contributed by atoms with van der Waals surface area (Å²) < 4.78 is 0. The summed E-state index contributed by atoms with van der Waals surface area (Å²) in [5.74, 6) is 0.650. The van der Waals surface area contributed by atoms with Gasteiger partial charge in [-0.3, -0.25) is 9.69 Å². The third-order valence-corrected chi connectivity index (χ3v) is 2.96. The topological polar surface area (TPSA) is 20.3 Å². The van der Waals surface area contributed by atoms with Crippen molar-refractivity contribution >= 4 is 5.78 Å². The largest absolute Gasteiger partial charge is 0.298 e. The number of nitrogens with zero attached hydrogens (tertiary/aromatic N) is 1. The Hall–Kier alpha value is -1.41. The maximum atomic E-state index is 11.5. The van der Waals surface area contributed by atoms with E-state index in [4.69, 9.17) is 0 Å². The first-order chi connectivity index (χ1) is 7.78. The van der Waals surface area contributed by atoms with E-state index in [1.165, 1.54) is 5.56 Å². The van der Waals surface area contributed by atoms with Crippen LogP contribution in [0.5, 0.6) is 0 Å². The highest BCUT2D eigenvalue weighted by Crippen LogP contribution is 2.16. The number of carbonyl (C=O) groups excluding carboxylic acids is 1. The molecule has 1 atom stereocenters. The molecule has 0 aromatic heterocycles. The SMILES string of the molecule is C=CC1CC(=O)CN(Cc2ccccc2)C1. The van der Waals surface area contributed by atoms with Crippen molar-refractivity contribution in [2.75, 3.05) is 13.1 Å². The maximum Gasteiger partial charge on any atom is 0.147 e. The van der Waals surface area contributed by atoms with Gasteiger partial charge in [-0.05, 0) is 11.5 Å². The second kappa shape index (κ2) is 5.08.